The largest absolute Gasteiger partial charge is 0.573 e. The third-order valence-corrected chi connectivity index (χ3v) is 5.26. The molecule has 0 radical (unpaired) electrons. The van der Waals surface area contributed by atoms with E-state index in [-0.39, 0.29) is 18.6 Å². The number of benzene rings is 3. The summed E-state index contributed by atoms with van der Waals surface area (Å²) in [6.45, 7) is 0.965. The summed E-state index contributed by atoms with van der Waals surface area (Å²) >= 11 is 0. The van der Waals surface area contributed by atoms with Crippen LogP contribution >= 0.6 is 0 Å². The molecule has 0 heterocycles. The number of aryl methyl sites for hydroxylation is 1. The molecule has 3 aromatic rings. The zero-order valence-electron chi connectivity index (χ0n) is 18.3. The number of hydrogen-bond acceptors (Lipinski definition) is 4. The highest BCUT2D eigenvalue weighted by molar-refractivity contribution is 5.75. The van der Waals surface area contributed by atoms with Crippen LogP contribution in [0.2, 0.25) is 0 Å². The SMILES string of the molecule is COC(=O)C(CCc1ccccc1OC(F)(F)F)N(Cc1ccccc1)Cc1ccccc1. The zero-order valence-corrected chi connectivity index (χ0v) is 18.3. The first-order chi connectivity index (χ1) is 15.9. The van der Waals surface area contributed by atoms with E-state index in [0.717, 1.165) is 11.1 Å². The minimum absolute atomic E-state index is 0.214. The molecule has 0 bridgehead atoms. The third-order valence-electron chi connectivity index (χ3n) is 5.26. The fraction of sp³-hybridized carbons (Fsp3) is 0.269. The maximum Gasteiger partial charge on any atom is 0.573 e. The standard InChI is InChI=1S/C26H26F3NO3/c1-32-25(31)23(17-16-22-14-8-9-15-24(22)33-26(27,28)29)30(18-20-10-4-2-5-11-20)19-21-12-6-3-7-13-21/h2-15,23H,16-19H2,1H3. The molecule has 0 saturated heterocycles. The Morgan fingerprint density at radius 2 is 1.36 bits per heavy atom. The van der Waals surface area contributed by atoms with Crippen LogP contribution in [-0.2, 0) is 29.0 Å². The minimum atomic E-state index is -4.79. The molecule has 0 spiro atoms. The second-order valence-corrected chi connectivity index (χ2v) is 7.61. The van der Waals surface area contributed by atoms with Crippen molar-refractivity contribution in [3.05, 3.63) is 102 Å². The number of carbonyl (C=O) groups is 1. The first kappa shape index (κ1) is 24.3. The van der Waals surface area contributed by atoms with Crippen molar-refractivity contribution in [3.8, 4) is 5.75 Å². The number of para-hydroxylation sites is 1. The van der Waals surface area contributed by atoms with Crippen LogP contribution in [0.1, 0.15) is 23.1 Å². The second kappa shape index (κ2) is 11.5. The van der Waals surface area contributed by atoms with Crippen LogP contribution in [0.5, 0.6) is 5.75 Å². The average Bonchev–Trinajstić information content (AvgIpc) is 2.80. The summed E-state index contributed by atoms with van der Waals surface area (Å²) in [6, 6.07) is 24.8. The summed E-state index contributed by atoms with van der Waals surface area (Å²) < 4.78 is 47.7. The highest BCUT2D eigenvalue weighted by Crippen LogP contribution is 2.28. The predicted octanol–water partition coefficient (Wildman–Crippen LogP) is 5.76. The van der Waals surface area contributed by atoms with Gasteiger partial charge in [0.1, 0.15) is 11.8 Å². The van der Waals surface area contributed by atoms with Gasteiger partial charge in [0, 0.05) is 13.1 Å². The minimum Gasteiger partial charge on any atom is -0.468 e. The molecule has 4 nitrogen and oxygen atoms in total. The molecule has 0 aliphatic rings. The predicted molar refractivity (Wildman–Crippen MR) is 119 cm³/mol. The van der Waals surface area contributed by atoms with Gasteiger partial charge in [-0.3, -0.25) is 9.69 Å². The van der Waals surface area contributed by atoms with Gasteiger partial charge in [0.2, 0.25) is 0 Å². The topological polar surface area (TPSA) is 38.8 Å². The van der Waals surface area contributed by atoms with Gasteiger partial charge in [-0.25, -0.2) is 0 Å². The van der Waals surface area contributed by atoms with Crippen LogP contribution in [0, 0.1) is 0 Å². The van der Waals surface area contributed by atoms with Gasteiger partial charge in [-0.1, -0.05) is 78.9 Å². The number of alkyl halides is 3. The van der Waals surface area contributed by atoms with Crippen molar-refractivity contribution in [2.75, 3.05) is 7.11 Å². The zero-order chi connectivity index (χ0) is 23.7. The normalized spacial score (nSPS) is 12.4. The molecule has 0 aliphatic carbocycles. The average molecular weight is 457 g/mol. The molecule has 0 N–H and O–H groups in total. The molecule has 0 saturated carbocycles. The van der Waals surface area contributed by atoms with Crippen LogP contribution in [0.15, 0.2) is 84.9 Å². The van der Waals surface area contributed by atoms with Gasteiger partial charge in [-0.05, 0) is 35.6 Å². The number of halogens is 3. The lowest BCUT2D eigenvalue weighted by Crippen LogP contribution is -2.41. The van der Waals surface area contributed by atoms with Crippen molar-refractivity contribution in [2.24, 2.45) is 0 Å². The van der Waals surface area contributed by atoms with Crippen LogP contribution in [0.4, 0.5) is 13.2 Å². The quantitative estimate of drug-likeness (QED) is 0.363. The second-order valence-electron chi connectivity index (χ2n) is 7.61. The van der Waals surface area contributed by atoms with E-state index in [1.54, 1.807) is 12.1 Å². The molecule has 1 unspecified atom stereocenters. The van der Waals surface area contributed by atoms with E-state index in [0.29, 0.717) is 18.7 Å². The first-order valence-corrected chi connectivity index (χ1v) is 10.6. The lowest BCUT2D eigenvalue weighted by Gasteiger charge is -2.30. The van der Waals surface area contributed by atoms with Gasteiger partial charge in [0.15, 0.2) is 0 Å². The van der Waals surface area contributed by atoms with Crippen molar-refractivity contribution in [1.82, 2.24) is 4.90 Å². The Morgan fingerprint density at radius 3 is 1.88 bits per heavy atom. The van der Waals surface area contributed by atoms with E-state index >= 15 is 0 Å². The molecule has 0 amide bonds. The van der Waals surface area contributed by atoms with Crippen molar-refractivity contribution >= 4 is 5.97 Å². The highest BCUT2D eigenvalue weighted by atomic mass is 19.4. The van der Waals surface area contributed by atoms with Crippen molar-refractivity contribution in [2.45, 2.75) is 38.3 Å². The van der Waals surface area contributed by atoms with Gasteiger partial charge >= 0.3 is 12.3 Å². The fourth-order valence-corrected chi connectivity index (χ4v) is 3.72. The molecule has 3 rings (SSSR count). The molecule has 0 fully saturated rings. The maximum atomic E-state index is 12.8. The maximum absolute atomic E-state index is 12.8. The molecule has 1 atom stereocenters. The van der Waals surface area contributed by atoms with Gasteiger partial charge < -0.3 is 9.47 Å². The van der Waals surface area contributed by atoms with E-state index < -0.39 is 18.4 Å². The summed E-state index contributed by atoms with van der Waals surface area (Å²) in [6.07, 6.45) is -4.30. The Morgan fingerprint density at radius 1 is 0.848 bits per heavy atom. The molecule has 174 valence electrons. The van der Waals surface area contributed by atoms with Crippen LogP contribution < -0.4 is 4.74 Å². The van der Waals surface area contributed by atoms with Crippen molar-refractivity contribution < 1.29 is 27.4 Å². The Balaban J connectivity index is 1.85. The molecule has 3 aromatic carbocycles. The summed E-state index contributed by atoms with van der Waals surface area (Å²) in [5.41, 5.74) is 2.41. The third kappa shape index (κ3) is 7.64. The van der Waals surface area contributed by atoms with E-state index in [2.05, 4.69) is 4.74 Å². The van der Waals surface area contributed by atoms with Gasteiger partial charge in [-0.2, -0.15) is 0 Å². The van der Waals surface area contributed by atoms with Crippen LogP contribution in [-0.4, -0.2) is 30.4 Å². The van der Waals surface area contributed by atoms with E-state index in [4.69, 9.17) is 4.74 Å². The van der Waals surface area contributed by atoms with Crippen LogP contribution in [0.25, 0.3) is 0 Å². The summed E-state index contributed by atoms with van der Waals surface area (Å²) in [7, 11) is 1.32. The van der Waals surface area contributed by atoms with Crippen LogP contribution in [0.3, 0.4) is 0 Å². The monoisotopic (exact) mass is 457 g/mol. The van der Waals surface area contributed by atoms with Crippen molar-refractivity contribution in [1.29, 1.82) is 0 Å². The summed E-state index contributed by atoms with van der Waals surface area (Å²) in [5.74, 6) is -0.692. The van der Waals surface area contributed by atoms with E-state index in [1.807, 2.05) is 65.6 Å². The molecular formula is C26H26F3NO3. The lowest BCUT2D eigenvalue weighted by atomic mass is 10.0. The molecule has 33 heavy (non-hydrogen) atoms. The van der Waals surface area contributed by atoms with Gasteiger partial charge in [-0.15, -0.1) is 13.2 Å². The number of hydrogen-bond donors (Lipinski definition) is 0. The lowest BCUT2D eigenvalue weighted by molar-refractivity contribution is -0.274. The molecular weight excluding hydrogens is 431 g/mol. The van der Waals surface area contributed by atoms with Gasteiger partial charge in [0.25, 0.3) is 0 Å². The highest BCUT2D eigenvalue weighted by Gasteiger charge is 2.32. The Labute approximate surface area is 191 Å². The molecule has 0 aromatic heterocycles. The number of esters is 1. The molecule has 0 aliphatic heterocycles. The number of methoxy groups -OCH3 is 1. The number of nitrogens with zero attached hydrogens (tertiary/aromatic N) is 1. The first-order valence-electron chi connectivity index (χ1n) is 10.6. The Bertz CT molecular complexity index is 969. The number of carbonyl (C=O) groups excluding carboxylic acids is 1. The number of ether oxygens (including phenoxy) is 2. The van der Waals surface area contributed by atoms with E-state index in [1.165, 1.54) is 19.2 Å². The molecule has 7 heteroatoms. The van der Waals surface area contributed by atoms with E-state index in [9.17, 15) is 18.0 Å². The van der Waals surface area contributed by atoms with Crippen molar-refractivity contribution in [3.63, 3.8) is 0 Å². The summed E-state index contributed by atoms with van der Waals surface area (Å²) in [4.78, 5) is 14.8. The Hall–Kier alpha value is -3.32. The Kier molecular flexibility index (Phi) is 8.49. The fourth-order valence-electron chi connectivity index (χ4n) is 3.72. The summed E-state index contributed by atoms with van der Waals surface area (Å²) in [5, 5.41) is 0. The number of rotatable bonds is 10. The smallest absolute Gasteiger partial charge is 0.468 e. The van der Waals surface area contributed by atoms with Gasteiger partial charge in [0.05, 0.1) is 7.11 Å².